The van der Waals surface area contributed by atoms with Gasteiger partial charge in [-0.05, 0) is 0 Å². The minimum absolute atomic E-state index is 0.0734. The van der Waals surface area contributed by atoms with Crippen LogP contribution in [0.1, 0.15) is 0 Å². The molecule has 1 aliphatic heterocycles. The fourth-order valence-corrected chi connectivity index (χ4v) is 0.832. The first-order chi connectivity index (χ1) is 4.63. The zero-order valence-electron chi connectivity index (χ0n) is 5.34. The summed E-state index contributed by atoms with van der Waals surface area (Å²) in [4.78, 5) is 0. The molecule has 60 valence electrons. The molecule has 5 N–H and O–H groups in total. The van der Waals surface area contributed by atoms with Crippen LogP contribution in [0.2, 0.25) is 0 Å². The van der Waals surface area contributed by atoms with Crippen LogP contribution in [0.4, 0.5) is 0 Å². The Balaban J connectivity index is 2.52. The van der Waals surface area contributed by atoms with Gasteiger partial charge in [-0.3, -0.25) is 0 Å². The van der Waals surface area contributed by atoms with Gasteiger partial charge in [0.1, 0.15) is 12.2 Å². The molecule has 1 aliphatic rings. The predicted molar refractivity (Wildman–Crippen MR) is 31.9 cm³/mol. The fraction of sp³-hybridized carbons (Fsp3) is 1.00. The number of hydrogen-bond donors (Lipinski definition) is 4. The van der Waals surface area contributed by atoms with E-state index in [1.165, 1.54) is 0 Å². The van der Waals surface area contributed by atoms with E-state index in [2.05, 4.69) is 4.74 Å². The van der Waals surface area contributed by atoms with E-state index in [0.29, 0.717) is 0 Å². The summed E-state index contributed by atoms with van der Waals surface area (Å²) in [6.45, 7) is -0.0734. The first-order valence-electron chi connectivity index (χ1n) is 3.04. The van der Waals surface area contributed by atoms with Crippen LogP contribution in [0.5, 0.6) is 0 Å². The molecule has 0 spiro atoms. The average Bonchev–Trinajstić information content (AvgIpc) is 1.93. The minimum atomic E-state index is -1.17. The lowest BCUT2D eigenvalue weighted by atomic mass is 10.0. The van der Waals surface area contributed by atoms with E-state index < -0.39 is 24.5 Å². The van der Waals surface area contributed by atoms with Crippen molar-refractivity contribution in [3.63, 3.8) is 0 Å². The molecule has 1 rings (SSSR count). The molecular formula is C5H11NO4. The number of ether oxygens (including phenoxy) is 1. The molecule has 1 fully saturated rings. The number of rotatable bonds is 0. The first-order valence-corrected chi connectivity index (χ1v) is 3.04. The maximum absolute atomic E-state index is 9.00. The van der Waals surface area contributed by atoms with E-state index in [-0.39, 0.29) is 6.61 Å². The monoisotopic (exact) mass is 149 g/mol. The summed E-state index contributed by atoms with van der Waals surface area (Å²) in [6, 6.07) is -0.913. The van der Waals surface area contributed by atoms with Gasteiger partial charge in [0.2, 0.25) is 0 Å². The van der Waals surface area contributed by atoms with Gasteiger partial charge >= 0.3 is 0 Å². The Morgan fingerprint density at radius 3 is 2.40 bits per heavy atom. The third-order valence-electron chi connectivity index (χ3n) is 1.56. The number of hydrogen-bond acceptors (Lipinski definition) is 5. The zero-order chi connectivity index (χ0) is 7.72. The molecule has 5 heteroatoms. The van der Waals surface area contributed by atoms with Gasteiger partial charge in [0.25, 0.3) is 0 Å². The molecule has 0 unspecified atom stereocenters. The minimum Gasteiger partial charge on any atom is -0.389 e. The second kappa shape index (κ2) is 2.81. The van der Waals surface area contributed by atoms with E-state index in [0.717, 1.165) is 0 Å². The van der Waals surface area contributed by atoms with Crippen molar-refractivity contribution >= 4 is 0 Å². The number of aliphatic hydroxyl groups excluding tert-OH is 3. The van der Waals surface area contributed by atoms with Crippen LogP contribution in [-0.4, -0.2) is 46.5 Å². The summed E-state index contributed by atoms with van der Waals surface area (Å²) in [5.41, 5.74) is 5.23. The maximum atomic E-state index is 9.00. The van der Waals surface area contributed by atoms with Crippen molar-refractivity contribution < 1.29 is 20.1 Å². The van der Waals surface area contributed by atoms with E-state index in [1.54, 1.807) is 0 Å². The highest BCUT2D eigenvalue weighted by atomic mass is 16.6. The molecule has 0 aromatic heterocycles. The van der Waals surface area contributed by atoms with E-state index in [9.17, 15) is 0 Å². The van der Waals surface area contributed by atoms with Crippen molar-refractivity contribution in [3.05, 3.63) is 0 Å². The molecule has 1 heterocycles. The van der Waals surface area contributed by atoms with Crippen molar-refractivity contribution in [3.8, 4) is 0 Å². The van der Waals surface area contributed by atoms with Gasteiger partial charge in [-0.2, -0.15) is 0 Å². The molecule has 0 aliphatic carbocycles. The third-order valence-corrected chi connectivity index (χ3v) is 1.56. The van der Waals surface area contributed by atoms with Crippen LogP contribution in [0, 0.1) is 0 Å². The molecule has 1 saturated heterocycles. The van der Waals surface area contributed by atoms with Gasteiger partial charge in [-0.15, -0.1) is 0 Å². The molecule has 0 bridgehead atoms. The van der Waals surface area contributed by atoms with Gasteiger partial charge in [0, 0.05) is 0 Å². The molecule has 0 amide bonds. The molecular weight excluding hydrogens is 138 g/mol. The summed E-state index contributed by atoms with van der Waals surface area (Å²) in [5, 5.41) is 26.7. The average molecular weight is 149 g/mol. The first kappa shape index (κ1) is 7.90. The Morgan fingerprint density at radius 2 is 1.90 bits per heavy atom. The maximum Gasteiger partial charge on any atom is 0.172 e. The van der Waals surface area contributed by atoms with E-state index >= 15 is 0 Å². The summed E-state index contributed by atoms with van der Waals surface area (Å²) < 4.78 is 4.59. The predicted octanol–water partition coefficient (Wildman–Crippen LogP) is -2.62. The van der Waals surface area contributed by atoms with Crippen molar-refractivity contribution in [2.24, 2.45) is 5.73 Å². The molecule has 4 atom stereocenters. The zero-order valence-corrected chi connectivity index (χ0v) is 5.34. The highest BCUT2D eigenvalue weighted by Crippen LogP contribution is 2.10. The Hall–Kier alpha value is -0.200. The lowest BCUT2D eigenvalue weighted by Crippen LogP contribution is -2.57. The van der Waals surface area contributed by atoms with Crippen LogP contribution in [-0.2, 0) is 4.74 Å². The number of aliphatic hydroxyl groups is 3. The fourth-order valence-electron chi connectivity index (χ4n) is 0.832. The summed E-state index contributed by atoms with van der Waals surface area (Å²) in [6.07, 6.45) is -3.25. The van der Waals surface area contributed by atoms with Crippen LogP contribution in [0.25, 0.3) is 0 Å². The highest BCUT2D eigenvalue weighted by molar-refractivity contribution is 4.84. The summed E-state index contributed by atoms with van der Waals surface area (Å²) in [7, 11) is 0. The molecule has 0 radical (unpaired) electrons. The second-order valence-corrected chi connectivity index (χ2v) is 2.36. The standard InChI is InChI=1S/C5H11NO4/c6-3-4(8)2(7)1-10-5(3)9/h2-5,7-9H,1,6H2/t2-,3-,4-,5+/m1/s1. The van der Waals surface area contributed by atoms with Gasteiger partial charge in [-0.1, -0.05) is 0 Å². The molecule has 0 saturated carbocycles. The normalized spacial score (nSPS) is 49.2. The highest BCUT2D eigenvalue weighted by Gasteiger charge is 2.34. The SMILES string of the molecule is N[C@@H]1[C@H](O)[C@H](O)CO[C@@H]1O. The van der Waals surface area contributed by atoms with Crippen molar-refractivity contribution in [1.29, 1.82) is 0 Å². The Labute approximate surface area is 58.0 Å². The second-order valence-electron chi connectivity index (χ2n) is 2.36. The largest absolute Gasteiger partial charge is 0.389 e. The molecule has 0 aromatic rings. The lowest BCUT2D eigenvalue weighted by Gasteiger charge is -2.32. The van der Waals surface area contributed by atoms with Crippen molar-refractivity contribution in [2.45, 2.75) is 24.5 Å². The topological polar surface area (TPSA) is 95.9 Å². The van der Waals surface area contributed by atoms with Gasteiger partial charge in [0.05, 0.1) is 12.6 Å². The van der Waals surface area contributed by atoms with Gasteiger partial charge in [-0.25, -0.2) is 0 Å². The summed E-state index contributed by atoms with van der Waals surface area (Å²) >= 11 is 0. The molecule has 0 aromatic carbocycles. The Bertz CT molecular complexity index is 106. The summed E-state index contributed by atoms with van der Waals surface area (Å²) in [5.74, 6) is 0. The van der Waals surface area contributed by atoms with Crippen LogP contribution < -0.4 is 5.73 Å². The van der Waals surface area contributed by atoms with E-state index in [1.807, 2.05) is 0 Å². The van der Waals surface area contributed by atoms with Crippen molar-refractivity contribution in [2.75, 3.05) is 6.61 Å². The smallest absolute Gasteiger partial charge is 0.172 e. The van der Waals surface area contributed by atoms with Crippen LogP contribution >= 0.6 is 0 Å². The third kappa shape index (κ3) is 1.28. The van der Waals surface area contributed by atoms with Crippen LogP contribution in [0.15, 0.2) is 0 Å². The Kier molecular flexibility index (Phi) is 2.22. The van der Waals surface area contributed by atoms with Crippen molar-refractivity contribution in [1.82, 2.24) is 0 Å². The number of nitrogens with two attached hydrogens (primary N) is 1. The molecule has 10 heavy (non-hydrogen) atoms. The molecule has 5 nitrogen and oxygen atoms in total. The Morgan fingerprint density at radius 1 is 1.30 bits per heavy atom. The van der Waals surface area contributed by atoms with Gasteiger partial charge in [0.15, 0.2) is 6.29 Å². The van der Waals surface area contributed by atoms with Crippen LogP contribution in [0.3, 0.4) is 0 Å². The lowest BCUT2D eigenvalue weighted by molar-refractivity contribution is -0.205. The quantitative estimate of drug-likeness (QED) is 0.302. The van der Waals surface area contributed by atoms with Gasteiger partial charge < -0.3 is 25.8 Å². The van der Waals surface area contributed by atoms with E-state index in [4.69, 9.17) is 21.1 Å².